The number of nitrogens with one attached hydrogen (secondary N) is 1. The molecule has 1 aliphatic rings. The highest BCUT2D eigenvalue weighted by atomic mass is 35.5. The van der Waals surface area contributed by atoms with Gasteiger partial charge in [0.15, 0.2) is 0 Å². The number of carbonyl (C=O) groups excluding carboxylic acids is 1. The molecular formula is C14H21ClN2O2. The highest BCUT2D eigenvalue weighted by Crippen LogP contribution is 2.25. The molecule has 19 heavy (non-hydrogen) atoms. The van der Waals surface area contributed by atoms with Gasteiger partial charge in [-0.1, -0.05) is 6.07 Å². The maximum Gasteiger partial charge on any atom is 0.225 e. The first-order valence-electron chi connectivity index (χ1n) is 6.54. The van der Waals surface area contributed by atoms with Gasteiger partial charge in [0, 0.05) is 24.7 Å². The number of ether oxygens (including phenoxy) is 1. The van der Waals surface area contributed by atoms with Crippen molar-refractivity contribution in [1.82, 2.24) is 0 Å². The normalized spacial score (nSPS) is 14.8. The van der Waals surface area contributed by atoms with Crippen molar-refractivity contribution in [3.63, 3.8) is 0 Å². The van der Waals surface area contributed by atoms with Crippen molar-refractivity contribution >= 4 is 24.0 Å². The van der Waals surface area contributed by atoms with Crippen molar-refractivity contribution in [3.05, 3.63) is 24.3 Å². The van der Waals surface area contributed by atoms with Crippen LogP contribution in [-0.2, 0) is 4.79 Å². The molecule has 0 spiro atoms. The van der Waals surface area contributed by atoms with E-state index in [1.807, 2.05) is 24.3 Å². The van der Waals surface area contributed by atoms with E-state index in [0.29, 0.717) is 19.1 Å². The van der Waals surface area contributed by atoms with Gasteiger partial charge in [-0.25, -0.2) is 0 Å². The highest BCUT2D eigenvalue weighted by Gasteiger charge is 2.16. The largest absolute Gasteiger partial charge is 0.490 e. The van der Waals surface area contributed by atoms with E-state index in [2.05, 4.69) is 5.32 Å². The first-order chi connectivity index (χ1) is 8.78. The minimum Gasteiger partial charge on any atom is -0.490 e. The van der Waals surface area contributed by atoms with Gasteiger partial charge in [0.2, 0.25) is 5.91 Å². The van der Waals surface area contributed by atoms with Gasteiger partial charge in [-0.2, -0.15) is 0 Å². The van der Waals surface area contributed by atoms with Crippen LogP contribution in [0.2, 0.25) is 0 Å². The summed E-state index contributed by atoms with van der Waals surface area (Å²) in [4.78, 5) is 11.4. The maximum atomic E-state index is 11.4. The second-order valence-corrected chi connectivity index (χ2v) is 4.64. The summed E-state index contributed by atoms with van der Waals surface area (Å²) in [5.41, 5.74) is 6.10. The lowest BCUT2D eigenvalue weighted by Crippen LogP contribution is -2.16. The zero-order valence-electron chi connectivity index (χ0n) is 10.9. The number of amides is 1. The second-order valence-electron chi connectivity index (χ2n) is 4.64. The molecule has 1 aromatic carbocycles. The van der Waals surface area contributed by atoms with E-state index in [0.717, 1.165) is 24.3 Å². The van der Waals surface area contributed by atoms with Crippen molar-refractivity contribution in [3.8, 4) is 5.75 Å². The zero-order chi connectivity index (χ0) is 12.8. The zero-order valence-corrected chi connectivity index (χ0v) is 11.7. The average molecular weight is 285 g/mol. The van der Waals surface area contributed by atoms with Crippen LogP contribution in [0, 0.1) is 0 Å². The van der Waals surface area contributed by atoms with Gasteiger partial charge in [-0.3, -0.25) is 4.79 Å². The van der Waals surface area contributed by atoms with Crippen molar-refractivity contribution in [1.29, 1.82) is 0 Å². The smallest absolute Gasteiger partial charge is 0.225 e. The van der Waals surface area contributed by atoms with E-state index < -0.39 is 0 Å². The van der Waals surface area contributed by atoms with Crippen LogP contribution in [0.1, 0.15) is 32.1 Å². The Morgan fingerprint density at radius 1 is 1.37 bits per heavy atom. The van der Waals surface area contributed by atoms with E-state index in [-0.39, 0.29) is 18.3 Å². The van der Waals surface area contributed by atoms with E-state index in [1.165, 1.54) is 12.8 Å². The minimum absolute atomic E-state index is 0. The Morgan fingerprint density at radius 2 is 2.11 bits per heavy atom. The van der Waals surface area contributed by atoms with E-state index >= 15 is 0 Å². The Bertz CT molecular complexity index is 406. The molecule has 1 aliphatic carbocycles. The number of halogens is 1. The van der Waals surface area contributed by atoms with Crippen molar-refractivity contribution in [2.75, 3.05) is 11.9 Å². The second kappa shape index (κ2) is 8.02. The molecule has 1 aromatic rings. The minimum atomic E-state index is -0.0597. The summed E-state index contributed by atoms with van der Waals surface area (Å²) in [6.45, 7) is 0.365. The molecule has 106 valence electrons. The van der Waals surface area contributed by atoms with Gasteiger partial charge in [0.05, 0.1) is 6.10 Å². The molecule has 0 unspecified atom stereocenters. The number of hydrogen-bond donors (Lipinski definition) is 2. The van der Waals surface area contributed by atoms with Crippen LogP contribution in [0.5, 0.6) is 5.75 Å². The van der Waals surface area contributed by atoms with Gasteiger partial charge < -0.3 is 15.8 Å². The standard InChI is InChI=1S/C14H20N2O2.ClH/c15-9-8-14(17)16-11-4-3-7-13(10-11)18-12-5-1-2-6-12;/h3-4,7,10,12H,1-2,5-6,8-9,15H2,(H,16,17);1H. The molecule has 0 radical (unpaired) electrons. The molecule has 2 rings (SSSR count). The Kier molecular flexibility index (Phi) is 6.67. The molecule has 0 bridgehead atoms. The lowest BCUT2D eigenvalue weighted by molar-refractivity contribution is -0.116. The molecule has 0 heterocycles. The van der Waals surface area contributed by atoms with Crippen LogP contribution in [0.15, 0.2) is 24.3 Å². The first kappa shape index (κ1) is 15.8. The summed E-state index contributed by atoms with van der Waals surface area (Å²) >= 11 is 0. The Balaban J connectivity index is 0.00000180. The number of rotatable bonds is 5. The average Bonchev–Trinajstić information content (AvgIpc) is 2.82. The molecule has 0 aromatic heterocycles. The quantitative estimate of drug-likeness (QED) is 0.874. The van der Waals surface area contributed by atoms with Crippen LogP contribution in [0.3, 0.4) is 0 Å². The van der Waals surface area contributed by atoms with Crippen LogP contribution >= 0.6 is 12.4 Å². The van der Waals surface area contributed by atoms with E-state index in [4.69, 9.17) is 10.5 Å². The molecule has 1 fully saturated rings. The molecule has 1 amide bonds. The number of benzene rings is 1. The van der Waals surface area contributed by atoms with Gasteiger partial charge in [0.1, 0.15) is 5.75 Å². The predicted molar refractivity (Wildman–Crippen MR) is 78.9 cm³/mol. The summed E-state index contributed by atoms with van der Waals surface area (Å²) in [5, 5.41) is 2.81. The van der Waals surface area contributed by atoms with Crippen LogP contribution in [0.25, 0.3) is 0 Å². The van der Waals surface area contributed by atoms with Gasteiger partial charge in [-0.05, 0) is 37.8 Å². The molecule has 4 nitrogen and oxygen atoms in total. The topological polar surface area (TPSA) is 64.4 Å². The lowest BCUT2D eigenvalue weighted by Gasteiger charge is -2.14. The SMILES string of the molecule is Cl.NCCC(=O)Nc1cccc(OC2CCCC2)c1. The Labute approximate surface area is 120 Å². The van der Waals surface area contributed by atoms with Gasteiger partial charge in [0.25, 0.3) is 0 Å². The monoisotopic (exact) mass is 284 g/mol. The molecule has 0 saturated heterocycles. The third-order valence-corrected chi connectivity index (χ3v) is 3.09. The van der Waals surface area contributed by atoms with E-state index in [9.17, 15) is 4.79 Å². The molecular weight excluding hydrogens is 264 g/mol. The fourth-order valence-corrected chi connectivity index (χ4v) is 2.20. The summed E-state index contributed by atoms with van der Waals surface area (Å²) in [6, 6.07) is 7.54. The molecule has 3 N–H and O–H groups in total. The number of hydrogen-bond acceptors (Lipinski definition) is 3. The molecule has 5 heteroatoms. The maximum absolute atomic E-state index is 11.4. The molecule has 0 aliphatic heterocycles. The fraction of sp³-hybridized carbons (Fsp3) is 0.500. The first-order valence-corrected chi connectivity index (χ1v) is 6.54. The van der Waals surface area contributed by atoms with Crippen LogP contribution in [0.4, 0.5) is 5.69 Å². The Hall–Kier alpha value is -1.26. The van der Waals surface area contributed by atoms with Crippen LogP contribution < -0.4 is 15.8 Å². The number of carbonyl (C=O) groups is 1. The van der Waals surface area contributed by atoms with Crippen molar-refractivity contribution < 1.29 is 9.53 Å². The van der Waals surface area contributed by atoms with Crippen LogP contribution in [-0.4, -0.2) is 18.6 Å². The van der Waals surface area contributed by atoms with Crippen molar-refractivity contribution in [2.45, 2.75) is 38.2 Å². The fourth-order valence-electron chi connectivity index (χ4n) is 2.20. The Morgan fingerprint density at radius 3 is 2.79 bits per heavy atom. The lowest BCUT2D eigenvalue weighted by atomic mass is 10.2. The van der Waals surface area contributed by atoms with Gasteiger partial charge >= 0.3 is 0 Å². The van der Waals surface area contributed by atoms with E-state index in [1.54, 1.807) is 0 Å². The van der Waals surface area contributed by atoms with Gasteiger partial charge in [-0.15, -0.1) is 12.4 Å². The third kappa shape index (κ3) is 5.09. The number of anilines is 1. The summed E-state index contributed by atoms with van der Waals surface area (Å²) in [5.74, 6) is 0.767. The van der Waals surface area contributed by atoms with Crippen molar-refractivity contribution in [2.24, 2.45) is 5.73 Å². The summed E-state index contributed by atoms with van der Waals surface area (Å²) in [6.07, 6.45) is 5.43. The third-order valence-electron chi connectivity index (χ3n) is 3.09. The number of nitrogens with two attached hydrogens (primary N) is 1. The molecule has 1 saturated carbocycles. The predicted octanol–water partition coefficient (Wildman–Crippen LogP) is 2.72. The molecule has 0 atom stereocenters. The summed E-state index contributed by atoms with van der Waals surface area (Å²) in [7, 11) is 0. The highest BCUT2D eigenvalue weighted by molar-refractivity contribution is 5.90. The summed E-state index contributed by atoms with van der Waals surface area (Å²) < 4.78 is 5.88.